The zero-order chi connectivity index (χ0) is 13.2. The van der Waals surface area contributed by atoms with Gasteiger partial charge in [0.15, 0.2) is 0 Å². The van der Waals surface area contributed by atoms with Gasteiger partial charge in [-0.25, -0.2) is 14.6 Å². The Morgan fingerprint density at radius 2 is 1.76 bits per heavy atom. The molecule has 0 heterocycles. The molecule has 0 aromatic carbocycles. The van der Waals surface area contributed by atoms with Crippen molar-refractivity contribution in [1.82, 2.24) is 0 Å². The van der Waals surface area contributed by atoms with E-state index in [1.165, 1.54) is 0 Å². The van der Waals surface area contributed by atoms with Crippen LogP contribution in [0.1, 0.15) is 40.0 Å². The van der Waals surface area contributed by atoms with Crippen LogP contribution in [0.3, 0.4) is 0 Å². The molecule has 1 rings (SSSR count). The molecular weight excluding hydrogens is 331 g/mol. The third-order valence-electron chi connectivity index (χ3n) is 3.12. The summed E-state index contributed by atoms with van der Waals surface area (Å²) in [5.41, 5.74) is -0.0341. The van der Waals surface area contributed by atoms with Crippen molar-refractivity contribution in [2.24, 2.45) is 20.8 Å². The van der Waals surface area contributed by atoms with Crippen LogP contribution in [-0.4, -0.2) is 22.3 Å². The van der Waals surface area contributed by atoms with Crippen molar-refractivity contribution in [3.63, 3.8) is 0 Å². The van der Waals surface area contributed by atoms with Gasteiger partial charge >= 0.3 is 0 Å². The van der Waals surface area contributed by atoms with E-state index in [-0.39, 0.29) is 10.8 Å². The molecule has 0 spiro atoms. The molecule has 0 bridgehead atoms. The summed E-state index contributed by atoms with van der Waals surface area (Å²) >= 11 is 2.22. The Morgan fingerprint density at radius 3 is 2.29 bits per heavy atom. The number of aliphatic imine (C=N–C) groups is 2. The lowest BCUT2D eigenvalue weighted by atomic mass is 9.63. The molecule has 0 radical (unpaired) electrons. The second kappa shape index (κ2) is 5.01. The standard InChI is InChI=1S/C12H17IN2O2/c1-10(2)4-11(3,7-14-8-16)6-12(13,5-10)15-9-17/h4-7H2,1-3H3. The molecule has 17 heavy (non-hydrogen) atoms. The van der Waals surface area contributed by atoms with E-state index in [1.54, 1.807) is 12.2 Å². The zero-order valence-electron chi connectivity index (χ0n) is 10.4. The molecule has 1 aliphatic rings. The van der Waals surface area contributed by atoms with Gasteiger partial charge in [0.05, 0.1) is 6.54 Å². The molecule has 1 aliphatic carbocycles. The summed E-state index contributed by atoms with van der Waals surface area (Å²) in [6.07, 6.45) is 5.81. The summed E-state index contributed by atoms with van der Waals surface area (Å²) in [6.45, 7) is 6.84. The van der Waals surface area contributed by atoms with Crippen LogP contribution < -0.4 is 0 Å². The molecule has 4 nitrogen and oxygen atoms in total. The topological polar surface area (TPSA) is 58.9 Å². The van der Waals surface area contributed by atoms with Gasteiger partial charge < -0.3 is 0 Å². The number of carbonyl (C=O) groups excluding carboxylic acids is 2. The first kappa shape index (κ1) is 14.6. The minimum Gasteiger partial charge on any atom is -0.211 e. The van der Waals surface area contributed by atoms with Crippen molar-refractivity contribution in [2.75, 3.05) is 6.54 Å². The van der Waals surface area contributed by atoms with Crippen LogP contribution >= 0.6 is 22.6 Å². The quantitative estimate of drug-likeness (QED) is 0.259. The van der Waals surface area contributed by atoms with E-state index in [0.717, 1.165) is 19.3 Å². The van der Waals surface area contributed by atoms with Crippen molar-refractivity contribution in [1.29, 1.82) is 0 Å². The maximum atomic E-state index is 10.5. The molecule has 0 aromatic rings. The Hall–Kier alpha value is -0.510. The Morgan fingerprint density at radius 1 is 1.12 bits per heavy atom. The van der Waals surface area contributed by atoms with Crippen LogP contribution in [0, 0.1) is 10.8 Å². The van der Waals surface area contributed by atoms with E-state index >= 15 is 0 Å². The van der Waals surface area contributed by atoms with Crippen molar-refractivity contribution >= 4 is 34.8 Å². The summed E-state index contributed by atoms with van der Waals surface area (Å²) in [7, 11) is 0. The molecule has 94 valence electrons. The minimum absolute atomic E-state index is 0.0763. The number of rotatable bonds is 3. The third-order valence-corrected chi connectivity index (χ3v) is 4.13. The molecule has 2 atom stereocenters. The number of isocyanates is 2. The lowest BCUT2D eigenvalue weighted by Crippen LogP contribution is -2.43. The first-order valence-corrected chi connectivity index (χ1v) is 6.64. The van der Waals surface area contributed by atoms with Crippen molar-refractivity contribution in [3.05, 3.63) is 0 Å². The van der Waals surface area contributed by atoms with Gasteiger partial charge in [-0.3, -0.25) is 0 Å². The van der Waals surface area contributed by atoms with Crippen molar-refractivity contribution in [2.45, 2.75) is 43.6 Å². The molecule has 1 fully saturated rings. The second-order valence-electron chi connectivity index (χ2n) is 6.03. The Labute approximate surface area is 115 Å². The van der Waals surface area contributed by atoms with E-state index in [2.05, 4.69) is 53.3 Å². The van der Waals surface area contributed by atoms with Gasteiger partial charge in [-0.1, -0.05) is 43.4 Å². The molecule has 0 amide bonds. The van der Waals surface area contributed by atoms with Crippen LogP contribution in [0.4, 0.5) is 0 Å². The SMILES string of the molecule is CC1(C)CC(C)(CN=C=O)CC(I)(N=C=O)C1. The van der Waals surface area contributed by atoms with Crippen molar-refractivity contribution in [3.8, 4) is 0 Å². The molecule has 0 aliphatic heterocycles. The third kappa shape index (κ3) is 4.02. The maximum absolute atomic E-state index is 10.5. The average Bonchev–Trinajstić information content (AvgIpc) is 2.10. The van der Waals surface area contributed by atoms with E-state index in [9.17, 15) is 9.59 Å². The highest BCUT2D eigenvalue weighted by atomic mass is 127. The lowest BCUT2D eigenvalue weighted by Gasteiger charge is -2.47. The summed E-state index contributed by atoms with van der Waals surface area (Å²) in [5, 5.41) is 0. The Bertz CT molecular complexity index is 397. The number of hydrogen-bond acceptors (Lipinski definition) is 4. The monoisotopic (exact) mass is 348 g/mol. The van der Waals surface area contributed by atoms with Gasteiger partial charge in [0.1, 0.15) is 3.55 Å². The molecule has 0 aromatic heterocycles. The fraction of sp³-hybridized carbons (Fsp3) is 0.833. The van der Waals surface area contributed by atoms with E-state index in [0.29, 0.717) is 6.54 Å². The van der Waals surface area contributed by atoms with Crippen LogP contribution in [0.5, 0.6) is 0 Å². The number of hydrogen-bond donors (Lipinski definition) is 0. The highest BCUT2D eigenvalue weighted by Crippen LogP contribution is 2.54. The number of halogens is 1. The van der Waals surface area contributed by atoms with Gasteiger partial charge in [-0.2, -0.15) is 4.99 Å². The summed E-state index contributed by atoms with van der Waals surface area (Å²) in [4.78, 5) is 28.5. The fourth-order valence-corrected chi connectivity index (χ4v) is 5.28. The zero-order valence-corrected chi connectivity index (χ0v) is 12.6. The predicted molar refractivity (Wildman–Crippen MR) is 73.6 cm³/mol. The van der Waals surface area contributed by atoms with E-state index in [4.69, 9.17) is 0 Å². The first-order valence-electron chi connectivity index (χ1n) is 5.56. The molecule has 1 saturated carbocycles. The molecule has 2 unspecified atom stereocenters. The molecular formula is C12H17IN2O2. The molecule has 0 N–H and O–H groups in total. The normalized spacial score (nSPS) is 35.5. The number of nitrogens with zero attached hydrogens (tertiary/aromatic N) is 2. The molecule has 0 saturated heterocycles. The maximum Gasteiger partial charge on any atom is 0.236 e. The smallest absolute Gasteiger partial charge is 0.211 e. The van der Waals surface area contributed by atoms with Gasteiger partial charge in [-0.15, -0.1) is 0 Å². The molecule has 5 heteroatoms. The highest BCUT2D eigenvalue weighted by molar-refractivity contribution is 14.1. The minimum atomic E-state index is -0.422. The van der Waals surface area contributed by atoms with Gasteiger partial charge in [0.2, 0.25) is 12.2 Å². The van der Waals surface area contributed by atoms with E-state index in [1.807, 2.05) is 0 Å². The number of alkyl halides is 1. The summed E-state index contributed by atoms with van der Waals surface area (Å²) < 4.78 is -0.422. The second-order valence-corrected chi connectivity index (χ2v) is 8.04. The summed E-state index contributed by atoms with van der Waals surface area (Å²) in [6, 6.07) is 0. The Balaban J connectivity index is 3.02. The fourth-order valence-electron chi connectivity index (χ4n) is 3.23. The van der Waals surface area contributed by atoms with Crippen LogP contribution in [0.2, 0.25) is 0 Å². The Kier molecular flexibility index (Phi) is 4.28. The van der Waals surface area contributed by atoms with Gasteiger partial charge in [-0.05, 0) is 30.1 Å². The van der Waals surface area contributed by atoms with Crippen LogP contribution in [0.25, 0.3) is 0 Å². The van der Waals surface area contributed by atoms with Gasteiger partial charge in [0.25, 0.3) is 0 Å². The first-order chi connectivity index (χ1) is 7.74. The highest BCUT2D eigenvalue weighted by Gasteiger charge is 2.48. The summed E-state index contributed by atoms with van der Waals surface area (Å²) in [5.74, 6) is 0. The largest absolute Gasteiger partial charge is 0.236 e. The van der Waals surface area contributed by atoms with Gasteiger partial charge in [0, 0.05) is 0 Å². The average molecular weight is 348 g/mol. The van der Waals surface area contributed by atoms with Crippen LogP contribution in [0.15, 0.2) is 9.98 Å². The van der Waals surface area contributed by atoms with Crippen LogP contribution in [-0.2, 0) is 9.59 Å². The predicted octanol–water partition coefficient (Wildman–Crippen LogP) is 3.01. The van der Waals surface area contributed by atoms with E-state index < -0.39 is 3.55 Å². The van der Waals surface area contributed by atoms with Crippen molar-refractivity contribution < 1.29 is 9.59 Å². The lowest BCUT2D eigenvalue weighted by molar-refractivity contribution is 0.0857.